The molecule has 0 aromatic carbocycles. The van der Waals surface area contributed by atoms with Crippen LogP contribution in [-0.4, -0.2) is 92.8 Å². The summed E-state index contributed by atoms with van der Waals surface area (Å²) in [5.74, 6) is -1.79. The third kappa shape index (κ3) is 8.67. The van der Waals surface area contributed by atoms with Gasteiger partial charge in [-0.15, -0.1) is 0 Å². The van der Waals surface area contributed by atoms with E-state index in [4.69, 9.17) is 19.3 Å². The third-order valence-electron chi connectivity index (χ3n) is 8.02. The summed E-state index contributed by atoms with van der Waals surface area (Å²) in [6, 6.07) is 0. The SMILES string of the molecule is CC(C)(O)C1CC=C(C(=O)OC[C@H]2O[C@@H](OCC/C=C\CC3C(=O)CCC3CC(=O)O)[C@H](O)[C@@H](O)[C@@H]2O)CC1. The molecule has 0 bridgehead atoms. The number of carboxylic acids is 1. The molecule has 39 heavy (non-hydrogen) atoms. The van der Waals surface area contributed by atoms with Crippen LogP contribution in [0.3, 0.4) is 0 Å². The minimum absolute atomic E-state index is 0.0188. The molecule has 8 atom stereocenters. The smallest absolute Gasteiger partial charge is 0.333 e. The molecule has 1 aliphatic heterocycles. The summed E-state index contributed by atoms with van der Waals surface area (Å²) in [6.07, 6.45) is 1.91. The van der Waals surface area contributed by atoms with E-state index in [1.165, 1.54) is 0 Å². The predicted molar refractivity (Wildman–Crippen MR) is 137 cm³/mol. The second kappa shape index (κ2) is 14.0. The average Bonchev–Trinajstić information content (AvgIpc) is 3.22. The van der Waals surface area contributed by atoms with Crippen LogP contribution in [0, 0.1) is 17.8 Å². The van der Waals surface area contributed by atoms with Crippen molar-refractivity contribution in [2.24, 2.45) is 17.8 Å². The number of rotatable bonds is 12. The lowest BCUT2D eigenvalue weighted by molar-refractivity contribution is -0.301. The zero-order valence-corrected chi connectivity index (χ0v) is 22.6. The molecule has 3 rings (SSSR count). The summed E-state index contributed by atoms with van der Waals surface area (Å²) < 4.78 is 16.5. The highest BCUT2D eigenvalue weighted by Gasteiger charge is 2.45. The monoisotopic (exact) mass is 554 g/mol. The Morgan fingerprint density at radius 3 is 2.49 bits per heavy atom. The van der Waals surface area contributed by atoms with Gasteiger partial charge in [0.25, 0.3) is 0 Å². The van der Waals surface area contributed by atoms with Crippen LogP contribution in [0.1, 0.15) is 65.2 Å². The van der Waals surface area contributed by atoms with Crippen molar-refractivity contribution < 1.29 is 54.1 Å². The Balaban J connectivity index is 1.43. The van der Waals surface area contributed by atoms with Gasteiger partial charge in [-0.2, -0.15) is 0 Å². The number of hydrogen-bond donors (Lipinski definition) is 5. The van der Waals surface area contributed by atoms with Crippen LogP contribution in [0.25, 0.3) is 0 Å². The summed E-state index contributed by atoms with van der Waals surface area (Å²) in [6.45, 7) is 3.24. The van der Waals surface area contributed by atoms with Crippen LogP contribution in [0.4, 0.5) is 0 Å². The first kappa shape index (κ1) is 31.4. The number of ketones is 1. The molecule has 0 aromatic rings. The number of carbonyl (C=O) groups is 3. The van der Waals surface area contributed by atoms with Crippen molar-refractivity contribution in [1.82, 2.24) is 0 Å². The lowest BCUT2D eigenvalue weighted by Gasteiger charge is -2.40. The van der Waals surface area contributed by atoms with E-state index in [0.29, 0.717) is 50.5 Å². The Morgan fingerprint density at radius 1 is 1.10 bits per heavy atom. The largest absolute Gasteiger partial charge is 0.481 e. The maximum Gasteiger partial charge on any atom is 0.333 e. The number of allylic oxidation sites excluding steroid dienone is 2. The predicted octanol–water partition coefficient (Wildman–Crippen LogP) is 1.26. The third-order valence-corrected chi connectivity index (χ3v) is 8.02. The van der Waals surface area contributed by atoms with Gasteiger partial charge in [0.15, 0.2) is 6.29 Å². The number of carboxylic acid groups (broad SMARTS) is 1. The number of aliphatic hydroxyl groups is 4. The van der Waals surface area contributed by atoms with Gasteiger partial charge in [0.05, 0.1) is 12.2 Å². The van der Waals surface area contributed by atoms with E-state index >= 15 is 0 Å². The van der Waals surface area contributed by atoms with E-state index in [0.717, 1.165) is 0 Å². The van der Waals surface area contributed by atoms with Gasteiger partial charge in [0.2, 0.25) is 0 Å². The van der Waals surface area contributed by atoms with Crippen LogP contribution in [0.15, 0.2) is 23.8 Å². The van der Waals surface area contributed by atoms with Gasteiger partial charge < -0.3 is 39.7 Å². The minimum atomic E-state index is -1.57. The summed E-state index contributed by atoms with van der Waals surface area (Å²) in [7, 11) is 0. The minimum Gasteiger partial charge on any atom is -0.481 e. The number of Topliss-reactive ketones (excluding diaryl/α,β-unsaturated/α-hetero) is 1. The molecular formula is C28H42O11. The van der Waals surface area contributed by atoms with Gasteiger partial charge in [-0.1, -0.05) is 18.2 Å². The summed E-state index contributed by atoms with van der Waals surface area (Å²) >= 11 is 0. The topological polar surface area (TPSA) is 180 Å². The van der Waals surface area contributed by atoms with E-state index in [1.807, 2.05) is 6.08 Å². The van der Waals surface area contributed by atoms with Crippen LogP contribution >= 0.6 is 0 Å². The maximum atomic E-state index is 12.5. The molecule has 11 nitrogen and oxygen atoms in total. The molecule has 0 radical (unpaired) electrons. The molecule has 11 heteroatoms. The first-order valence-electron chi connectivity index (χ1n) is 13.7. The molecule has 1 heterocycles. The molecular weight excluding hydrogens is 512 g/mol. The molecule has 0 spiro atoms. The Bertz CT molecular complexity index is 921. The number of aliphatic hydroxyl groups excluding tert-OH is 3. The van der Waals surface area contributed by atoms with Crippen molar-refractivity contribution in [2.45, 2.75) is 102 Å². The van der Waals surface area contributed by atoms with Crippen LogP contribution in [0.2, 0.25) is 0 Å². The van der Waals surface area contributed by atoms with Gasteiger partial charge in [-0.25, -0.2) is 4.79 Å². The second-order valence-corrected chi connectivity index (χ2v) is 11.3. The van der Waals surface area contributed by atoms with Gasteiger partial charge in [0, 0.05) is 24.3 Å². The van der Waals surface area contributed by atoms with E-state index in [9.17, 15) is 34.8 Å². The van der Waals surface area contributed by atoms with E-state index in [-0.39, 0.29) is 43.2 Å². The van der Waals surface area contributed by atoms with E-state index < -0.39 is 48.2 Å². The van der Waals surface area contributed by atoms with Gasteiger partial charge in [-0.05, 0) is 64.2 Å². The van der Waals surface area contributed by atoms with Crippen molar-refractivity contribution in [3.63, 3.8) is 0 Å². The lowest BCUT2D eigenvalue weighted by Crippen LogP contribution is -2.59. The van der Waals surface area contributed by atoms with Gasteiger partial charge >= 0.3 is 11.9 Å². The fourth-order valence-corrected chi connectivity index (χ4v) is 5.49. The zero-order valence-electron chi connectivity index (χ0n) is 22.6. The highest BCUT2D eigenvalue weighted by molar-refractivity contribution is 5.88. The maximum absolute atomic E-state index is 12.5. The Labute approximate surface area is 228 Å². The van der Waals surface area contributed by atoms with Gasteiger partial charge in [-0.3, -0.25) is 9.59 Å². The number of aliphatic carboxylic acids is 1. The molecule has 3 aliphatic rings. The quantitative estimate of drug-likeness (QED) is 0.133. The molecule has 0 aromatic heterocycles. The van der Waals surface area contributed by atoms with E-state index in [2.05, 4.69) is 0 Å². The highest BCUT2D eigenvalue weighted by Crippen LogP contribution is 2.34. The average molecular weight is 555 g/mol. The molecule has 5 N–H and O–H groups in total. The lowest BCUT2D eigenvalue weighted by atomic mass is 9.79. The highest BCUT2D eigenvalue weighted by atomic mass is 16.7. The zero-order chi connectivity index (χ0) is 28.7. The normalized spacial score (nSPS) is 33.8. The first-order valence-corrected chi connectivity index (χ1v) is 13.7. The number of ether oxygens (including phenoxy) is 3. The molecule has 1 saturated carbocycles. The molecule has 2 fully saturated rings. The molecule has 220 valence electrons. The van der Waals surface area contributed by atoms with Crippen LogP contribution in [0.5, 0.6) is 0 Å². The number of carbonyl (C=O) groups excluding carboxylic acids is 2. The van der Waals surface area contributed by atoms with Crippen LogP contribution in [-0.2, 0) is 28.6 Å². The number of hydrogen-bond acceptors (Lipinski definition) is 10. The van der Waals surface area contributed by atoms with Crippen LogP contribution < -0.4 is 0 Å². The van der Waals surface area contributed by atoms with E-state index in [1.54, 1.807) is 26.0 Å². The Morgan fingerprint density at radius 2 is 1.85 bits per heavy atom. The summed E-state index contributed by atoms with van der Waals surface area (Å²) in [5.41, 5.74) is -0.358. The van der Waals surface area contributed by atoms with Crippen molar-refractivity contribution in [3.05, 3.63) is 23.8 Å². The van der Waals surface area contributed by atoms with Crippen molar-refractivity contribution in [3.8, 4) is 0 Å². The molecule has 1 saturated heterocycles. The molecule has 0 amide bonds. The van der Waals surface area contributed by atoms with Gasteiger partial charge in [0.1, 0.15) is 36.8 Å². The standard InChI is InChI=1S/C28H42O11/c1-28(2,36)18-10-7-16(8-11-18)26(35)38-15-21-23(32)24(33)25(34)27(39-21)37-13-5-3-4-6-19-17(14-22(30)31)9-12-20(19)29/h3-4,7,17-19,21,23-25,27,32-34,36H,5-6,8-15H2,1-2H3,(H,30,31)/b4-3-/t17?,18?,19?,21-,23-,24+,25-,27-/m1/s1. The second-order valence-electron chi connectivity index (χ2n) is 11.3. The first-order chi connectivity index (χ1) is 18.4. The van der Waals surface area contributed by atoms with Crippen molar-refractivity contribution in [2.75, 3.05) is 13.2 Å². The summed E-state index contributed by atoms with van der Waals surface area (Å²) in [5, 5.41) is 50.0. The summed E-state index contributed by atoms with van der Waals surface area (Å²) in [4.78, 5) is 35.6. The number of esters is 1. The fourth-order valence-electron chi connectivity index (χ4n) is 5.49. The van der Waals surface area contributed by atoms with Crippen molar-refractivity contribution in [1.29, 1.82) is 0 Å². The Hall–Kier alpha value is -2.15. The molecule has 3 unspecified atom stereocenters. The fraction of sp³-hybridized carbons (Fsp3) is 0.750. The Kier molecular flexibility index (Phi) is 11.2. The van der Waals surface area contributed by atoms with Crippen molar-refractivity contribution >= 4 is 17.7 Å². The molecule has 2 aliphatic carbocycles.